The Morgan fingerprint density at radius 3 is 2.96 bits per heavy atom. The van der Waals surface area contributed by atoms with Crippen LogP contribution < -0.4 is 4.74 Å². The Labute approximate surface area is 138 Å². The molecule has 5 nitrogen and oxygen atoms in total. The van der Waals surface area contributed by atoms with E-state index >= 15 is 0 Å². The summed E-state index contributed by atoms with van der Waals surface area (Å²) in [7, 11) is 6.16. The number of aromatic nitrogens is 2. The highest BCUT2D eigenvalue weighted by molar-refractivity contribution is 5.23. The van der Waals surface area contributed by atoms with Crippen molar-refractivity contribution in [1.29, 1.82) is 0 Å². The van der Waals surface area contributed by atoms with Crippen molar-refractivity contribution in [2.45, 2.75) is 25.6 Å². The molecule has 1 unspecified atom stereocenters. The van der Waals surface area contributed by atoms with E-state index < -0.39 is 0 Å². The Morgan fingerprint density at radius 1 is 1.35 bits per heavy atom. The van der Waals surface area contributed by atoms with E-state index in [-0.39, 0.29) is 6.10 Å². The minimum atomic E-state index is 0.272. The standard InChI is InChI=1S/C18H26N4O/c1-20(2)13-16-10-17(4-7-19-16)23-18-6-9-22(14-18)12-15-5-8-21(3)11-15/h4-5,7-8,10-11,18H,6,9,12-14H2,1-3H3. The van der Waals surface area contributed by atoms with Crippen LogP contribution in [0.4, 0.5) is 0 Å². The van der Waals surface area contributed by atoms with Gasteiger partial charge in [-0.15, -0.1) is 0 Å². The molecule has 1 atom stereocenters. The van der Waals surface area contributed by atoms with E-state index in [0.717, 1.165) is 44.0 Å². The minimum Gasteiger partial charge on any atom is -0.489 e. The van der Waals surface area contributed by atoms with Crippen LogP contribution >= 0.6 is 0 Å². The Morgan fingerprint density at radius 2 is 2.22 bits per heavy atom. The molecule has 2 aromatic rings. The molecule has 5 heteroatoms. The van der Waals surface area contributed by atoms with Crippen molar-refractivity contribution in [2.75, 3.05) is 27.2 Å². The maximum atomic E-state index is 6.17. The second-order valence-corrected chi connectivity index (χ2v) is 6.67. The first-order valence-electron chi connectivity index (χ1n) is 8.18. The van der Waals surface area contributed by atoms with E-state index in [0.29, 0.717) is 0 Å². The second kappa shape index (κ2) is 7.15. The first-order valence-corrected chi connectivity index (χ1v) is 8.18. The number of hydrogen-bond donors (Lipinski definition) is 0. The fraction of sp³-hybridized carbons (Fsp3) is 0.500. The molecular weight excluding hydrogens is 288 g/mol. The number of likely N-dealkylation sites (tertiary alicyclic amines) is 1. The van der Waals surface area contributed by atoms with Gasteiger partial charge in [0.25, 0.3) is 0 Å². The lowest BCUT2D eigenvalue weighted by Crippen LogP contribution is -2.24. The van der Waals surface area contributed by atoms with Gasteiger partial charge in [-0.1, -0.05) is 0 Å². The van der Waals surface area contributed by atoms with Gasteiger partial charge in [-0.25, -0.2) is 0 Å². The fourth-order valence-corrected chi connectivity index (χ4v) is 3.08. The van der Waals surface area contributed by atoms with E-state index in [2.05, 4.69) is 50.9 Å². The van der Waals surface area contributed by atoms with Gasteiger partial charge in [0.15, 0.2) is 0 Å². The molecule has 1 aliphatic rings. The van der Waals surface area contributed by atoms with E-state index in [4.69, 9.17) is 4.74 Å². The Bertz CT molecular complexity index is 637. The molecule has 0 bridgehead atoms. The smallest absolute Gasteiger partial charge is 0.123 e. The minimum absolute atomic E-state index is 0.272. The third kappa shape index (κ3) is 4.56. The zero-order valence-electron chi connectivity index (χ0n) is 14.3. The Balaban J connectivity index is 1.53. The fourth-order valence-electron chi connectivity index (χ4n) is 3.08. The number of ether oxygens (including phenoxy) is 1. The highest BCUT2D eigenvalue weighted by atomic mass is 16.5. The van der Waals surface area contributed by atoms with Gasteiger partial charge in [0.2, 0.25) is 0 Å². The van der Waals surface area contributed by atoms with Crippen molar-refractivity contribution in [3.63, 3.8) is 0 Å². The zero-order chi connectivity index (χ0) is 16.2. The highest BCUT2D eigenvalue weighted by Gasteiger charge is 2.24. The lowest BCUT2D eigenvalue weighted by atomic mass is 10.3. The molecule has 3 rings (SSSR count). The summed E-state index contributed by atoms with van der Waals surface area (Å²) in [4.78, 5) is 8.97. The molecule has 2 aromatic heterocycles. The van der Waals surface area contributed by atoms with Crippen molar-refractivity contribution in [1.82, 2.24) is 19.4 Å². The summed E-state index contributed by atoms with van der Waals surface area (Å²) >= 11 is 0. The molecule has 1 fully saturated rings. The summed E-state index contributed by atoms with van der Waals surface area (Å²) in [5.74, 6) is 0.934. The van der Waals surface area contributed by atoms with Crippen molar-refractivity contribution in [2.24, 2.45) is 7.05 Å². The van der Waals surface area contributed by atoms with Crippen LogP contribution in [0.25, 0.3) is 0 Å². The molecule has 0 aromatic carbocycles. The largest absolute Gasteiger partial charge is 0.489 e. The summed E-state index contributed by atoms with van der Waals surface area (Å²) in [5.41, 5.74) is 2.41. The van der Waals surface area contributed by atoms with Crippen LogP contribution in [0.3, 0.4) is 0 Å². The summed E-state index contributed by atoms with van der Waals surface area (Å²) in [6.07, 6.45) is 7.48. The Kier molecular flexibility index (Phi) is 4.98. The van der Waals surface area contributed by atoms with Crippen LogP contribution in [0.2, 0.25) is 0 Å². The molecule has 0 spiro atoms. The predicted molar refractivity (Wildman–Crippen MR) is 91.4 cm³/mol. The quantitative estimate of drug-likeness (QED) is 0.818. The van der Waals surface area contributed by atoms with Crippen molar-refractivity contribution in [3.05, 3.63) is 48.0 Å². The van der Waals surface area contributed by atoms with E-state index in [9.17, 15) is 0 Å². The predicted octanol–water partition coefficient (Wildman–Crippen LogP) is 2.13. The average molecular weight is 314 g/mol. The summed E-state index contributed by atoms with van der Waals surface area (Å²) in [6, 6.07) is 6.20. The van der Waals surface area contributed by atoms with Crippen molar-refractivity contribution >= 4 is 0 Å². The number of pyridine rings is 1. The van der Waals surface area contributed by atoms with Crippen LogP contribution in [0.1, 0.15) is 17.7 Å². The molecule has 0 aliphatic carbocycles. The van der Waals surface area contributed by atoms with Gasteiger partial charge in [0, 0.05) is 57.9 Å². The monoisotopic (exact) mass is 314 g/mol. The van der Waals surface area contributed by atoms with Gasteiger partial charge in [0.1, 0.15) is 11.9 Å². The molecule has 0 N–H and O–H groups in total. The molecular formula is C18H26N4O. The first kappa shape index (κ1) is 16.0. The van der Waals surface area contributed by atoms with Crippen molar-refractivity contribution < 1.29 is 4.74 Å². The lowest BCUT2D eigenvalue weighted by molar-refractivity contribution is 0.198. The van der Waals surface area contributed by atoms with Crippen LogP contribution in [0, 0.1) is 0 Å². The zero-order valence-corrected chi connectivity index (χ0v) is 14.3. The average Bonchev–Trinajstić information content (AvgIpc) is 3.08. The van der Waals surface area contributed by atoms with Gasteiger partial charge in [-0.05, 0) is 38.2 Å². The first-order chi connectivity index (χ1) is 11.1. The van der Waals surface area contributed by atoms with Gasteiger partial charge in [-0.2, -0.15) is 0 Å². The molecule has 23 heavy (non-hydrogen) atoms. The van der Waals surface area contributed by atoms with Crippen molar-refractivity contribution in [3.8, 4) is 5.75 Å². The normalized spacial score (nSPS) is 18.7. The number of nitrogens with zero attached hydrogens (tertiary/aromatic N) is 4. The second-order valence-electron chi connectivity index (χ2n) is 6.67. The van der Waals surface area contributed by atoms with E-state index in [1.165, 1.54) is 5.56 Å². The Hall–Kier alpha value is -1.85. The van der Waals surface area contributed by atoms with Crippen LogP contribution in [0.5, 0.6) is 5.75 Å². The summed E-state index contributed by atoms with van der Waals surface area (Å²) in [5, 5.41) is 0. The maximum Gasteiger partial charge on any atom is 0.123 e. The molecule has 124 valence electrons. The molecule has 3 heterocycles. The third-order valence-corrected chi connectivity index (χ3v) is 4.10. The third-order valence-electron chi connectivity index (χ3n) is 4.10. The van der Waals surface area contributed by atoms with Gasteiger partial charge < -0.3 is 14.2 Å². The van der Waals surface area contributed by atoms with Crippen LogP contribution in [-0.2, 0) is 20.1 Å². The van der Waals surface area contributed by atoms with Gasteiger partial charge in [0.05, 0.1) is 5.69 Å². The topological polar surface area (TPSA) is 33.5 Å². The molecule has 0 saturated carbocycles. The number of rotatable bonds is 6. The molecule has 1 aliphatic heterocycles. The SMILES string of the molecule is CN(C)Cc1cc(OC2CCN(Cc3ccn(C)c3)C2)ccn1. The van der Waals surface area contributed by atoms with E-state index in [1.807, 2.05) is 26.4 Å². The lowest BCUT2D eigenvalue weighted by Gasteiger charge is -2.17. The molecule has 0 amide bonds. The van der Waals surface area contributed by atoms with Crippen LogP contribution in [-0.4, -0.2) is 52.6 Å². The van der Waals surface area contributed by atoms with E-state index in [1.54, 1.807) is 0 Å². The maximum absolute atomic E-state index is 6.17. The van der Waals surface area contributed by atoms with Gasteiger partial charge >= 0.3 is 0 Å². The number of aryl methyl sites for hydroxylation is 1. The number of hydrogen-bond acceptors (Lipinski definition) is 4. The highest BCUT2D eigenvalue weighted by Crippen LogP contribution is 2.20. The van der Waals surface area contributed by atoms with Gasteiger partial charge in [-0.3, -0.25) is 9.88 Å². The van der Waals surface area contributed by atoms with Crippen LogP contribution in [0.15, 0.2) is 36.8 Å². The molecule has 0 radical (unpaired) electrons. The summed E-state index contributed by atoms with van der Waals surface area (Å²) < 4.78 is 8.27. The molecule has 1 saturated heterocycles. The summed E-state index contributed by atoms with van der Waals surface area (Å²) in [6.45, 7) is 3.92.